The monoisotopic (exact) mass is 291 g/mol. The van der Waals surface area contributed by atoms with Gasteiger partial charge in [-0.25, -0.2) is 4.39 Å². The normalized spacial score (nSPS) is 10.2. The van der Waals surface area contributed by atoms with Crippen molar-refractivity contribution in [2.75, 3.05) is 19.0 Å². The van der Waals surface area contributed by atoms with Crippen molar-refractivity contribution in [3.05, 3.63) is 47.8 Å². The van der Waals surface area contributed by atoms with Crippen molar-refractivity contribution in [2.24, 2.45) is 0 Å². The van der Waals surface area contributed by atoms with Gasteiger partial charge in [0.1, 0.15) is 11.5 Å². The van der Waals surface area contributed by atoms with Gasteiger partial charge in [0.25, 0.3) is 0 Å². The van der Waals surface area contributed by atoms with Crippen LogP contribution in [0.15, 0.2) is 36.4 Å². The molecule has 0 bridgehead atoms. The SMILES string of the molecule is CCOc1ccc(NCc2cc(OC)ccc2O)cc1F. The van der Waals surface area contributed by atoms with Gasteiger partial charge in [0.05, 0.1) is 13.7 Å². The third-order valence-corrected chi connectivity index (χ3v) is 3.00. The minimum atomic E-state index is -0.420. The second-order valence-electron chi connectivity index (χ2n) is 4.43. The summed E-state index contributed by atoms with van der Waals surface area (Å²) in [6, 6.07) is 9.64. The van der Waals surface area contributed by atoms with Gasteiger partial charge in [-0.15, -0.1) is 0 Å². The predicted molar refractivity (Wildman–Crippen MR) is 79.6 cm³/mol. The van der Waals surface area contributed by atoms with Crippen LogP contribution in [-0.2, 0) is 6.54 Å². The molecule has 5 heteroatoms. The van der Waals surface area contributed by atoms with Crippen LogP contribution in [0.25, 0.3) is 0 Å². The van der Waals surface area contributed by atoms with Crippen LogP contribution < -0.4 is 14.8 Å². The Balaban J connectivity index is 2.07. The molecule has 0 heterocycles. The lowest BCUT2D eigenvalue weighted by molar-refractivity contribution is 0.321. The lowest BCUT2D eigenvalue weighted by Crippen LogP contribution is -2.01. The summed E-state index contributed by atoms with van der Waals surface area (Å²) in [5.41, 5.74) is 1.28. The number of phenols is 1. The third-order valence-electron chi connectivity index (χ3n) is 3.00. The second-order valence-corrected chi connectivity index (χ2v) is 4.43. The number of aromatic hydroxyl groups is 1. The second kappa shape index (κ2) is 6.83. The van der Waals surface area contributed by atoms with Crippen LogP contribution in [0.1, 0.15) is 12.5 Å². The van der Waals surface area contributed by atoms with Gasteiger partial charge in [-0.2, -0.15) is 0 Å². The van der Waals surface area contributed by atoms with E-state index in [1.54, 1.807) is 44.4 Å². The molecule has 4 nitrogen and oxygen atoms in total. The lowest BCUT2D eigenvalue weighted by atomic mass is 10.2. The van der Waals surface area contributed by atoms with Gasteiger partial charge in [0.2, 0.25) is 0 Å². The summed E-state index contributed by atoms with van der Waals surface area (Å²) in [4.78, 5) is 0. The topological polar surface area (TPSA) is 50.7 Å². The van der Waals surface area contributed by atoms with Crippen molar-refractivity contribution in [1.82, 2.24) is 0 Å². The largest absolute Gasteiger partial charge is 0.508 e. The molecule has 112 valence electrons. The number of ether oxygens (including phenoxy) is 2. The molecule has 0 unspecified atom stereocenters. The van der Waals surface area contributed by atoms with Gasteiger partial charge in [0.15, 0.2) is 11.6 Å². The molecule has 2 aromatic carbocycles. The Morgan fingerprint density at radius 3 is 2.67 bits per heavy atom. The fraction of sp³-hybridized carbons (Fsp3) is 0.250. The standard InChI is InChI=1S/C16H18FNO3/c1-3-21-16-7-4-12(9-14(16)17)18-10-11-8-13(20-2)5-6-15(11)19/h4-9,18-19H,3,10H2,1-2H3. The van der Waals surface area contributed by atoms with Crippen molar-refractivity contribution < 1.29 is 19.0 Å². The number of phenolic OH excluding ortho intramolecular Hbond substituents is 1. The van der Waals surface area contributed by atoms with Gasteiger partial charge in [-0.1, -0.05) is 0 Å². The summed E-state index contributed by atoms with van der Waals surface area (Å²) >= 11 is 0. The molecule has 2 aromatic rings. The first-order chi connectivity index (χ1) is 10.1. The van der Waals surface area contributed by atoms with E-state index < -0.39 is 5.82 Å². The molecule has 0 saturated heterocycles. The Kier molecular flexibility index (Phi) is 4.87. The van der Waals surface area contributed by atoms with E-state index in [1.165, 1.54) is 6.07 Å². The highest BCUT2D eigenvalue weighted by atomic mass is 19.1. The highest BCUT2D eigenvalue weighted by molar-refractivity contribution is 5.49. The maximum atomic E-state index is 13.7. The van der Waals surface area contributed by atoms with E-state index in [2.05, 4.69) is 5.32 Å². The Hall–Kier alpha value is -2.43. The number of hydrogen-bond acceptors (Lipinski definition) is 4. The first-order valence-corrected chi connectivity index (χ1v) is 6.66. The lowest BCUT2D eigenvalue weighted by Gasteiger charge is -2.11. The smallest absolute Gasteiger partial charge is 0.167 e. The summed E-state index contributed by atoms with van der Waals surface area (Å²) in [5, 5.41) is 12.8. The fourth-order valence-corrected chi connectivity index (χ4v) is 1.91. The molecular weight excluding hydrogens is 273 g/mol. The van der Waals surface area contributed by atoms with Crippen molar-refractivity contribution in [3.8, 4) is 17.2 Å². The molecule has 0 saturated carbocycles. The fourth-order valence-electron chi connectivity index (χ4n) is 1.91. The van der Waals surface area contributed by atoms with E-state index in [0.29, 0.717) is 30.2 Å². The average molecular weight is 291 g/mol. The molecule has 21 heavy (non-hydrogen) atoms. The van der Waals surface area contributed by atoms with Crippen LogP contribution in [0.2, 0.25) is 0 Å². The van der Waals surface area contributed by atoms with E-state index in [4.69, 9.17) is 9.47 Å². The van der Waals surface area contributed by atoms with E-state index in [1.807, 2.05) is 0 Å². The summed E-state index contributed by atoms with van der Waals surface area (Å²) in [6.45, 7) is 2.58. The van der Waals surface area contributed by atoms with Gasteiger partial charge < -0.3 is 19.9 Å². The van der Waals surface area contributed by atoms with Crippen LogP contribution in [-0.4, -0.2) is 18.8 Å². The van der Waals surface area contributed by atoms with Crippen LogP contribution in [0.5, 0.6) is 17.2 Å². The molecule has 2 N–H and O–H groups in total. The maximum Gasteiger partial charge on any atom is 0.167 e. The molecule has 0 aromatic heterocycles. The number of rotatable bonds is 6. The Bertz CT molecular complexity index is 616. The third kappa shape index (κ3) is 3.78. The van der Waals surface area contributed by atoms with E-state index >= 15 is 0 Å². The molecule has 0 radical (unpaired) electrons. The summed E-state index contributed by atoms with van der Waals surface area (Å²) < 4.78 is 24.0. The van der Waals surface area contributed by atoms with E-state index in [-0.39, 0.29) is 11.5 Å². The molecule has 0 amide bonds. The van der Waals surface area contributed by atoms with Crippen LogP contribution >= 0.6 is 0 Å². The highest BCUT2D eigenvalue weighted by Crippen LogP contribution is 2.25. The minimum Gasteiger partial charge on any atom is -0.508 e. The molecule has 0 aliphatic rings. The molecule has 0 fully saturated rings. The molecule has 2 rings (SSSR count). The summed E-state index contributed by atoms with van der Waals surface area (Å²) in [6.07, 6.45) is 0. The average Bonchev–Trinajstić information content (AvgIpc) is 2.49. The highest BCUT2D eigenvalue weighted by Gasteiger charge is 2.06. The van der Waals surface area contributed by atoms with Crippen LogP contribution in [0.3, 0.4) is 0 Å². The van der Waals surface area contributed by atoms with Crippen molar-refractivity contribution >= 4 is 5.69 Å². The summed E-state index contributed by atoms with van der Waals surface area (Å²) in [7, 11) is 1.56. The van der Waals surface area contributed by atoms with Gasteiger partial charge >= 0.3 is 0 Å². The zero-order valence-electron chi connectivity index (χ0n) is 12.0. The van der Waals surface area contributed by atoms with E-state index in [0.717, 1.165) is 0 Å². The number of halogens is 1. The molecule has 0 aliphatic carbocycles. The molecule has 0 aliphatic heterocycles. The molecule has 0 atom stereocenters. The van der Waals surface area contributed by atoms with Gasteiger partial charge in [-0.3, -0.25) is 0 Å². The number of benzene rings is 2. The van der Waals surface area contributed by atoms with Gasteiger partial charge in [-0.05, 0) is 37.3 Å². The van der Waals surface area contributed by atoms with Crippen molar-refractivity contribution in [1.29, 1.82) is 0 Å². The van der Waals surface area contributed by atoms with E-state index in [9.17, 15) is 9.50 Å². The Morgan fingerprint density at radius 1 is 1.19 bits per heavy atom. The molecular formula is C16H18FNO3. The summed E-state index contributed by atoms with van der Waals surface area (Å²) in [5.74, 6) is 0.626. The number of methoxy groups -OCH3 is 1. The van der Waals surface area contributed by atoms with Crippen LogP contribution in [0, 0.1) is 5.82 Å². The first kappa shape index (κ1) is 15.0. The zero-order chi connectivity index (χ0) is 15.2. The maximum absolute atomic E-state index is 13.7. The quantitative estimate of drug-likeness (QED) is 0.854. The van der Waals surface area contributed by atoms with Crippen molar-refractivity contribution in [2.45, 2.75) is 13.5 Å². The number of hydrogen-bond donors (Lipinski definition) is 2. The Labute approximate surface area is 123 Å². The minimum absolute atomic E-state index is 0.162. The van der Waals surface area contributed by atoms with Crippen LogP contribution in [0.4, 0.5) is 10.1 Å². The molecule has 0 spiro atoms. The van der Waals surface area contributed by atoms with Gasteiger partial charge in [0, 0.05) is 23.9 Å². The number of nitrogens with one attached hydrogen (secondary N) is 1. The number of anilines is 1. The Morgan fingerprint density at radius 2 is 2.00 bits per heavy atom. The van der Waals surface area contributed by atoms with Crippen molar-refractivity contribution in [3.63, 3.8) is 0 Å². The zero-order valence-corrected chi connectivity index (χ0v) is 12.0. The predicted octanol–water partition coefficient (Wildman–Crippen LogP) is 3.55. The first-order valence-electron chi connectivity index (χ1n) is 6.66.